The summed E-state index contributed by atoms with van der Waals surface area (Å²) < 4.78 is 5.66. The highest BCUT2D eigenvalue weighted by molar-refractivity contribution is 4.97. The molecule has 0 aromatic heterocycles. The van der Waals surface area contributed by atoms with E-state index in [-0.39, 0.29) is 0 Å². The number of hydrogen-bond acceptors (Lipinski definition) is 1. The number of ether oxygens (including phenoxy) is 1. The van der Waals surface area contributed by atoms with E-state index in [2.05, 4.69) is 26.5 Å². The van der Waals surface area contributed by atoms with Crippen molar-refractivity contribution in [1.82, 2.24) is 0 Å². The Morgan fingerprint density at radius 1 is 1.39 bits per heavy atom. The van der Waals surface area contributed by atoms with E-state index < -0.39 is 0 Å². The maximum atomic E-state index is 5.66. The van der Waals surface area contributed by atoms with Gasteiger partial charge in [-0.25, -0.2) is 0 Å². The summed E-state index contributed by atoms with van der Waals surface area (Å²) in [6.45, 7) is 9.62. The fraction of sp³-hybridized carbons (Fsp3) is 0.882. The third kappa shape index (κ3) is 3.17. The van der Waals surface area contributed by atoms with Crippen LogP contribution in [0.3, 0.4) is 0 Å². The summed E-state index contributed by atoms with van der Waals surface area (Å²) in [4.78, 5) is 0. The van der Waals surface area contributed by atoms with Crippen LogP contribution in [0, 0.1) is 17.3 Å². The summed E-state index contributed by atoms with van der Waals surface area (Å²) in [5, 5.41) is 0. The zero-order chi connectivity index (χ0) is 13.0. The minimum Gasteiger partial charge on any atom is -0.373 e. The lowest BCUT2D eigenvalue weighted by molar-refractivity contribution is 0.0446. The maximum Gasteiger partial charge on any atom is 0.0843 e. The monoisotopic (exact) mass is 250 g/mol. The van der Waals surface area contributed by atoms with Gasteiger partial charge in [-0.15, -0.1) is 6.58 Å². The molecule has 0 radical (unpaired) electrons. The van der Waals surface area contributed by atoms with Gasteiger partial charge in [-0.1, -0.05) is 39.2 Å². The lowest BCUT2D eigenvalue weighted by atomic mass is 9.60. The summed E-state index contributed by atoms with van der Waals surface area (Å²) >= 11 is 0. The highest BCUT2D eigenvalue weighted by Gasteiger charge is 2.47. The molecule has 0 spiro atoms. The number of epoxide rings is 1. The van der Waals surface area contributed by atoms with Crippen LogP contribution in [-0.2, 0) is 4.74 Å². The minimum absolute atomic E-state index is 0.589. The van der Waals surface area contributed by atoms with Gasteiger partial charge in [0, 0.05) is 0 Å². The van der Waals surface area contributed by atoms with Gasteiger partial charge in [0.05, 0.1) is 12.7 Å². The Morgan fingerprint density at radius 3 is 2.78 bits per heavy atom. The van der Waals surface area contributed by atoms with Gasteiger partial charge in [-0.3, -0.25) is 0 Å². The summed E-state index contributed by atoms with van der Waals surface area (Å²) in [5.41, 5.74) is 0.589. The Labute approximate surface area is 113 Å². The van der Waals surface area contributed by atoms with E-state index in [0.29, 0.717) is 17.4 Å². The van der Waals surface area contributed by atoms with E-state index in [1.807, 2.05) is 0 Å². The first-order valence-electron chi connectivity index (χ1n) is 7.96. The van der Waals surface area contributed by atoms with E-state index in [0.717, 1.165) is 12.5 Å². The van der Waals surface area contributed by atoms with Crippen LogP contribution in [-0.4, -0.2) is 12.7 Å². The van der Waals surface area contributed by atoms with Crippen LogP contribution in [0.25, 0.3) is 0 Å². The van der Waals surface area contributed by atoms with Gasteiger partial charge in [0.25, 0.3) is 0 Å². The van der Waals surface area contributed by atoms with E-state index in [1.165, 1.54) is 51.4 Å². The zero-order valence-electron chi connectivity index (χ0n) is 12.3. The van der Waals surface area contributed by atoms with Crippen molar-refractivity contribution in [3.8, 4) is 0 Å². The molecule has 104 valence electrons. The maximum absolute atomic E-state index is 5.66. The third-order valence-electron chi connectivity index (χ3n) is 5.28. The van der Waals surface area contributed by atoms with Crippen molar-refractivity contribution in [1.29, 1.82) is 0 Å². The molecule has 0 aromatic rings. The Kier molecular flexibility index (Phi) is 4.89. The molecule has 18 heavy (non-hydrogen) atoms. The zero-order valence-corrected chi connectivity index (χ0v) is 12.3. The summed E-state index contributed by atoms with van der Waals surface area (Å²) in [6.07, 6.45) is 13.9. The van der Waals surface area contributed by atoms with E-state index >= 15 is 0 Å². The topological polar surface area (TPSA) is 12.5 Å². The standard InChI is InChI=1S/C17H30O/c1-4-10-17(12-9-14(3)5-2)11-7-6-8-15(17)16-13-18-16/h5,14-16H,2,4,6-13H2,1,3H3. The molecule has 2 rings (SSSR count). The molecule has 1 heterocycles. The number of hydrogen-bond donors (Lipinski definition) is 0. The van der Waals surface area contributed by atoms with Crippen molar-refractivity contribution in [2.45, 2.75) is 71.3 Å². The first-order valence-corrected chi connectivity index (χ1v) is 7.96. The van der Waals surface area contributed by atoms with Crippen LogP contribution >= 0.6 is 0 Å². The summed E-state index contributed by atoms with van der Waals surface area (Å²) in [6, 6.07) is 0. The van der Waals surface area contributed by atoms with Gasteiger partial charge < -0.3 is 4.74 Å². The van der Waals surface area contributed by atoms with Gasteiger partial charge >= 0.3 is 0 Å². The lowest BCUT2D eigenvalue weighted by Crippen LogP contribution is -2.37. The lowest BCUT2D eigenvalue weighted by Gasteiger charge is -2.45. The average Bonchev–Trinajstić information content (AvgIpc) is 3.21. The van der Waals surface area contributed by atoms with Crippen LogP contribution in [0.2, 0.25) is 0 Å². The van der Waals surface area contributed by atoms with Gasteiger partial charge in [-0.05, 0) is 49.4 Å². The predicted octanol–water partition coefficient (Wildman–Crippen LogP) is 4.96. The van der Waals surface area contributed by atoms with Crippen molar-refractivity contribution in [2.24, 2.45) is 17.3 Å². The second-order valence-electron chi connectivity index (χ2n) is 6.59. The largest absolute Gasteiger partial charge is 0.373 e. The van der Waals surface area contributed by atoms with Gasteiger partial charge in [0.15, 0.2) is 0 Å². The highest BCUT2D eigenvalue weighted by Crippen LogP contribution is 2.52. The molecule has 1 aliphatic heterocycles. The van der Waals surface area contributed by atoms with Crippen LogP contribution in [0.1, 0.15) is 65.2 Å². The molecule has 0 amide bonds. The van der Waals surface area contributed by atoms with Crippen molar-refractivity contribution < 1.29 is 4.74 Å². The van der Waals surface area contributed by atoms with E-state index in [9.17, 15) is 0 Å². The fourth-order valence-electron chi connectivity index (χ4n) is 4.08. The fourth-order valence-corrected chi connectivity index (χ4v) is 4.08. The molecular formula is C17H30O. The van der Waals surface area contributed by atoms with Gasteiger partial charge in [0.1, 0.15) is 0 Å². The first-order chi connectivity index (χ1) is 8.72. The Balaban J connectivity index is 2.03. The molecule has 1 aliphatic carbocycles. The van der Waals surface area contributed by atoms with Crippen LogP contribution in [0.5, 0.6) is 0 Å². The van der Waals surface area contributed by atoms with Crippen molar-refractivity contribution >= 4 is 0 Å². The summed E-state index contributed by atoms with van der Waals surface area (Å²) in [5.74, 6) is 1.52. The predicted molar refractivity (Wildman–Crippen MR) is 77.6 cm³/mol. The molecule has 1 saturated carbocycles. The minimum atomic E-state index is 0.589. The summed E-state index contributed by atoms with van der Waals surface area (Å²) in [7, 11) is 0. The molecule has 2 aliphatic rings. The average molecular weight is 250 g/mol. The van der Waals surface area contributed by atoms with Crippen LogP contribution < -0.4 is 0 Å². The quantitative estimate of drug-likeness (QED) is 0.459. The Morgan fingerprint density at radius 2 is 2.17 bits per heavy atom. The third-order valence-corrected chi connectivity index (χ3v) is 5.28. The second kappa shape index (κ2) is 6.23. The van der Waals surface area contributed by atoms with Crippen LogP contribution in [0.15, 0.2) is 12.7 Å². The van der Waals surface area contributed by atoms with Crippen molar-refractivity contribution in [3.05, 3.63) is 12.7 Å². The number of allylic oxidation sites excluding steroid dienone is 1. The highest BCUT2D eigenvalue weighted by atomic mass is 16.6. The molecule has 1 heteroatoms. The smallest absolute Gasteiger partial charge is 0.0843 e. The normalized spacial score (nSPS) is 37.2. The van der Waals surface area contributed by atoms with E-state index in [1.54, 1.807) is 0 Å². The molecule has 2 fully saturated rings. The molecule has 4 unspecified atom stereocenters. The SMILES string of the molecule is C=CC(C)CCC1(CCC)CCCCC1C1CO1. The first kappa shape index (κ1) is 14.1. The molecule has 0 aromatic carbocycles. The van der Waals surface area contributed by atoms with Gasteiger partial charge in [-0.2, -0.15) is 0 Å². The van der Waals surface area contributed by atoms with E-state index in [4.69, 9.17) is 4.74 Å². The molecule has 0 N–H and O–H groups in total. The number of rotatable bonds is 7. The Hall–Kier alpha value is -0.300. The molecular weight excluding hydrogens is 220 g/mol. The second-order valence-corrected chi connectivity index (χ2v) is 6.59. The van der Waals surface area contributed by atoms with Crippen molar-refractivity contribution in [3.63, 3.8) is 0 Å². The van der Waals surface area contributed by atoms with Gasteiger partial charge in [0.2, 0.25) is 0 Å². The molecule has 4 atom stereocenters. The van der Waals surface area contributed by atoms with Crippen LogP contribution in [0.4, 0.5) is 0 Å². The Bertz CT molecular complexity index is 265. The molecule has 0 bridgehead atoms. The molecule has 1 saturated heterocycles. The molecule has 1 nitrogen and oxygen atoms in total. The van der Waals surface area contributed by atoms with Crippen molar-refractivity contribution in [2.75, 3.05) is 6.61 Å².